The monoisotopic (exact) mass is 379 g/mol. The molecule has 0 saturated carbocycles. The molecule has 0 aliphatic carbocycles. The molecule has 0 saturated heterocycles. The first kappa shape index (κ1) is 20.8. The second kappa shape index (κ2) is 8.46. The topological polar surface area (TPSA) is 38.3 Å². The van der Waals surface area contributed by atoms with Crippen molar-refractivity contribution in [3.8, 4) is 5.75 Å². The van der Waals surface area contributed by atoms with Crippen LogP contribution in [-0.4, -0.2) is 18.6 Å². The maximum Gasteiger partial charge on any atom is 0.416 e. The third kappa shape index (κ3) is 6.31. The maximum atomic E-state index is 12.7. The highest BCUT2D eigenvalue weighted by molar-refractivity contribution is 5.77. The maximum absolute atomic E-state index is 12.7. The average molecular weight is 379 g/mol. The Hall–Kier alpha value is -2.50. The number of rotatable bonds is 7. The van der Waals surface area contributed by atoms with E-state index in [1.54, 1.807) is 0 Å². The molecule has 0 fully saturated rings. The van der Waals surface area contributed by atoms with Gasteiger partial charge in [0, 0.05) is 6.04 Å². The zero-order valence-corrected chi connectivity index (χ0v) is 15.6. The van der Waals surface area contributed by atoms with Gasteiger partial charge in [0.2, 0.25) is 0 Å². The molecule has 2 aromatic carbocycles. The van der Waals surface area contributed by atoms with Gasteiger partial charge in [0.05, 0.1) is 5.56 Å². The van der Waals surface area contributed by atoms with Crippen LogP contribution in [0.5, 0.6) is 5.75 Å². The van der Waals surface area contributed by atoms with Gasteiger partial charge in [0.25, 0.3) is 5.91 Å². The van der Waals surface area contributed by atoms with Crippen LogP contribution in [0.3, 0.4) is 0 Å². The number of nitrogens with one attached hydrogen (secondary N) is 1. The average Bonchev–Trinajstić information content (AvgIpc) is 2.60. The molecule has 0 aliphatic heterocycles. The van der Waals surface area contributed by atoms with E-state index in [-0.39, 0.29) is 29.7 Å². The molecule has 0 aliphatic rings. The van der Waals surface area contributed by atoms with E-state index in [1.165, 1.54) is 17.7 Å². The van der Waals surface area contributed by atoms with Gasteiger partial charge in [-0.15, -0.1) is 0 Å². The Labute approximate surface area is 157 Å². The highest BCUT2D eigenvalue weighted by atomic mass is 19.4. The predicted molar refractivity (Wildman–Crippen MR) is 98.6 cm³/mol. The van der Waals surface area contributed by atoms with E-state index in [1.807, 2.05) is 37.3 Å². The second-order valence-electron chi connectivity index (χ2n) is 7.24. The van der Waals surface area contributed by atoms with E-state index in [0.29, 0.717) is 6.42 Å². The minimum Gasteiger partial charge on any atom is -0.484 e. The van der Waals surface area contributed by atoms with E-state index in [4.69, 9.17) is 4.74 Å². The van der Waals surface area contributed by atoms with Crippen LogP contribution in [0.4, 0.5) is 13.2 Å². The number of alkyl halides is 3. The third-order valence-electron chi connectivity index (χ3n) is 4.31. The molecule has 2 aromatic rings. The molecule has 2 rings (SSSR count). The van der Waals surface area contributed by atoms with E-state index < -0.39 is 11.7 Å². The summed E-state index contributed by atoms with van der Waals surface area (Å²) in [6.45, 7) is 5.76. The highest BCUT2D eigenvalue weighted by Crippen LogP contribution is 2.31. The molecular formula is C21H24F3NO2. The Morgan fingerprint density at radius 3 is 2.30 bits per heavy atom. The Kier molecular flexibility index (Phi) is 6.52. The van der Waals surface area contributed by atoms with Crippen molar-refractivity contribution in [2.24, 2.45) is 0 Å². The molecule has 0 bridgehead atoms. The standard InChI is InChI=1S/C21H24F3NO2/c1-15(13-20(2,3)16-8-5-4-6-9-16)25-19(26)14-27-18-11-7-10-17(12-18)21(22,23)24/h4-12,15H,13-14H2,1-3H3,(H,25,26)/t15-/m0/s1. The van der Waals surface area contributed by atoms with E-state index in [0.717, 1.165) is 12.1 Å². The molecular weight excluding hydrogens is 355 g/mol. The number of carbonyl (C=O) groups excluding carboxylic acids is 1. The number of carbonyl (C=O) groups is 1. The lowest BCUT2D eigenvalue weighted by Gasteiger charge is -2.29. The number of halogens is 3. The van der Waals surface area contributed by atoms with Crippen molar-refractivity contribution in [3.05, 3.63) is 65.7 Å². The lowest BCUT2D eigenvalue weighted by molar-refractivity contribution is -0.137. The van der Waals surface area contributed by atoms with Crippen LogP contribution in [0.25, 0.3) is 0 Å². The van der Waals surface area contributed by atoms with Gasteiger partial charge in [-0.05, 0) is 42.5 Å². The molecule has 0 heterocycles. The molecule has 1 N–H and O–H groups in total. The molecule has 3 nitrogen and oxygen atoms in total. The van der Waals surface area contributed by atoms with Crippen molar-refractivity contribution in [2.75, 3.05) is 6.61 Å². The Morgan fingerprint density at radius 2 is 1.67 bits per heavy atom. The fourth-order valence-electron chi connectivity index (χ4n) is 3.05. The zero-order chi connectivity index (χ0) is 20.1. The van der Waals surface area contributed by atoms with Crippen LogP contribution in [0, 0.1) is 0 Å². The zero-order valence-electron chi connectivity index (χ0n) is 15.6. The molecule has 27 heavy (non-hydrogen) atoms. The van der Waals surface area contributed by atoms with Gasteiger partial charge in [-0.1, -0.05) is 50.2 Å². The van der Waals surface area contributed by atoms with Crippen LogP contribution in [0.2, 0.25) is 0 Å². The van der Waals surface area contributed by atoms with Gasteiger partial charge in [-0.25, -0.2) is 0 Å². The third-order valence-corrected chi connectivity index (χ3v) is 4.31. The molecule has 0 unspecified atom stereocenters. The van der Waals surface area contributed by atoms with Gasteiger partial charge in [0.1, 0.15) is 5.75 Å². The van der Waals surface area contributed by atoms with Crippen molar-refractivity contribution < 1.29 is 22.7 Å². The first-order valence-corrected chi connectivity index (χ1v) is 8.73. The van der Waals surface area contributed by atoms with Gasteiger partial charge < -0.3 is 10.1 Å². The summed E-state index contributed by atoms with van der Waals surface area (Å²) in [5.41, 5.74) is 0.236. The van der Waals surface area contributed by atoms with Crippen LogP contribution >= 0.6 is 0 Å². The summed E-state index contributed by atoms with van der Waals surface area (Å²) < 4.78 is 43.3. The van der Waals surface area contributed by atoms with Gasteiger partial charge >= 0.3 is 6.18 Å². The van der Waals surface area contributed by atoms with Crippen molar-refractivity contribution in [3.63, 3.8) is 0 Å². The number of amides is 1. The number of hydrogen-bond acceptors (Lipinski definition) is 2. The first-order chi connectivity index (χ1) is 12.6. The number of ether oxygens (including phenoxy) is 1. The fraction of sp³-hybridized carbons (Fsp3) is 0.381. The minimum atomic E-state index is -4.45. The lowest BCUT2D eigenvalue weighted by atomic mass is 9.79. The molecule has 0 spiro atoms. The number of hydrogen-bond donors (Lipinski definition) is 1. The highest BCUT2D eigenvalue weighted by Gasteiger charge is 2.30. The van der Waals surface area contributed by atoms with E-state index in [2.05, 4.69) is 19.2 Å². The van der Waals surface area contributed by atoms with Crippen molar-refractivity contribution >= 4 is 5.91 Å². The summed E-state index contributed by atoms with van der Waals surface area (Å²) in [6.07, 6.45) is -3.73. The molecule has 0 radical (unpaired) electrons. The normalized spacial score (nSPS) is 13.1. The SMILES string of the molecule is C[C@@H](CC(C)(C)c1ccccc1)NC(=O)COc1cccc(C(F)(F)F)c1. The predicted octanol–water partition coefficient (Wildman–Crippen LogP) is 4.96. The van der Waals surface area contributed by atoms with Gasteiger partial charge in [-0.2, -0.15) is 13.2 Å². The van der Waals surface area contributed by atoms with E-state index >= 15 is 0 Å². The summed E-state index contributed by atoms with van der Waals surface area (Å²) in [4.78, 5) is 12.1. The quantitative estimate of drug-likeness (QED) is 0.739. The van der Waals surface area contributed by atoms with Crippen molar-refractivity contribution in [1.82, 2.24) is 5.32 Å². The number of benzene rings is 2. The summed E-state index contributed by atoms with van der Waals surface area (Å²) in [6, 6.07) is 14.4. The van der Waals surface area contributed by atoms with Crippen LogP contribution in [0.1, 0.15) is 38.3 Å². The van der Waals surface area contributed by atoms with Crippen LogP contribution < -0.4 is 10.1 Å². The molecule has 1 amide bonds. The van der Waals surface area contributed by atoms with Crippen LogP contribution in [-0.2, 0) is 16.4 Å². The summed E-state index contributed by atoms with van der Waals surface area (Å²) in [5.74, 6) is -0.360. The smallest absolute Gasteiger partial charge is 0.416 e. The van der Waals surface area contributed by atoms with E-state index in [9.17, 15) is 18.0 Å². The lowest BCUT2D eigenvalue weighted by Crippen LogP contribution is -2.39. The Morgan fingerprint density at radius 1 is 1.04 bits per heavy atom. The van der Waals surface area contributed by atoms with Crippen LogP contribution in [0.15, 0.2) is 54.6 Å². The van der Waals surface area contributed by atoms with Gasteiger partial charge in [-0.3, -0.25) is 4.79 Å². The molecule has 0 aromatic heterocycles. The Balaban J connectivity index is 1.87. The van der Waals surface area contributed by atoms with Gasteiger partial charge in [0.15, 0.2) is 6.61 Å². The summed E-state index contributed by atoms with van der Waals surface area (Å²) >= 11 is 0. The summed E-state index contributed by atoms with van der Waals surface area (Å²) in [5, 5.41) is 2.83. The van der Waals surface area contributed by atoms with Crippen molar-refractivity contribution in [1.29, 1.82) is 0 Å². The molecule has 6 heteroatoms. The van der Waals surface area contributed by atoms with Crippen molar-refractivity contribution in [2.45, 2.75) is 44.8 Å². The largest absolute Gasteiger partial charge is 0.484 e. The first-order valence-electron chi connectivity index (χ1n) is 8.73. The Bertz CT molecular complexity index is 758. The fourth-order valence-corrected chi connectivity index (χ4v) is 3.05. The molecule has 1 atom stereocenters. The molecule has 146 valence electrons. The minimum absolute atomic E-state index is 0.0113. The second-order valence-corrected chi connectivity index (χ2v) is 7.24. The summed E-state index contributed by atoms with van der Waals surface area (Å²) in [7, 11) is 0.